The van der Waals surface area contributed by atoms with Crippen LogP contribution in [0.4, 0.5) is 0 Å². The molecule has 0 amide bonds. The second-order valence-electron chi connectivity index (χ2n) is 5.54. The zero-order valence-electron chi connectivity index (χ0n) is 12.6. The van der Waals surface area contributed by atoms with Gasteiger partial charge in [-0.2, -0.15) is 5.10 Å². The summed E-state index contributed by atoms with van der Waals surface area (Å²) < 4.78 is 4.19. The lowest BCUT2D eigenvalue weighted by molar-refractivity contribution is 0.400. The van der Waals surface area contributed by atoms with Crippen LogP contribution in [0.25, 0.3) is 11.2 Å². The summed E-state index contributed by atoms with van der Waals surface area (Å²) in [5.41, 5.74) is 3.13. The van der Waals surface area contributed by atoms with E-state index in [4.69, 9.17) is 16.6 Å². The monoisotopic (exact) mass is 282 g/mol. The van der Waals surface area contributed by atoms with E-state index in [0.29, 0.717) is 12.0 Å². The molecule has 2 unspecified atom stereocenters. The molecule has 0 saturated carbocycles. The van der Waals surface area contributed by atoms with Crippen LogP contribution in [-0.2, 0) is 13.5 Å². The van der Waals surface area contributed by atoms with E-state index in [0.717, 1.165) is 29.1 Å². The third kappa shape index (κ3) is 2.27. The van der Waals surface area contributed by atoms with E-state index >= 15 is 0 Å². The van der Waals surface area contributed by atoms with Gasteiger partial charge in [-0.1, -0.05) is 20.8 Å². The average molecular weight is 283 g/mol. The Labute approximate surface area is 119 Å². The van der Waals surface area contributed by atoms with Crippen molar-refractivity contribution in [3.8, 4) is 0 Å². The Kier molecular flexibility index (Phi) is 3.90. The van der Waals surface area contributed by atoms with Gasteiger partial charge in [-0.3, -0.25) is 4.68 Å². The summed E-state index contributed by atoms with van der Waals surface area (Å²) in [6.45, 7) is 10.7. The first-order valence-electron chi connectivity index (χ1n) is 6.96. The Morgan fingerprint density at radius 3 is 2.32 bits per heavy atom. The highest BCUT2D eigenvalue weighted by atomic mass is 35.5. The molecule has 2 aromatic heterocycles. The van der Waals surface area contributed by atoms with Crippen molar-refractivity contribution in [1.29, 1.82) is 0 Å². The van der Waals surface area contributed by atoms with Crippen molar-refractivity contribution in [2.75, 3.05) is 0 Å². The molecule has 0 aliphatic rings. The quantitative estimate of drug-likeness (QED) is 0.799. The van der Waals surface area contributed by atoms with Gasteiger partial charge in [0.2, 0.25) is 0 Å². The van der Waals surface area contributed by atoms with Crippen molar-refractivity contribution >= 4 is 22.8 Å². The summed E-state index contributed by atoms with van der Waals surface area (Å²) in [5, 5.41) is 4.46. The molecule has 0 fully saturated rings. The van der Waals surface area contributed by atoms with Gasteiger partial charge in [0.15, 0.2) is 5.65 Å². The summed E-state index contributed by atoms with van der Waals surface area (Å²) in [6.07, 6.45) is 0.889. The molecular formula is C14H23ClN4. The molecule has 4 nitrogen and oxygen atoms in total. The van der Waals surface area contributed by atoms with E-state index in [1.807, 2.05) is 18.7 Å². The molecule has 2 aromatic rings. The van der Waals surface area contributed by atoms with Gasteiger partial charge in [-0.25, -0.2) is 4.98 Å². The number of hydrogen-bond donors (Lipinski definition) is 0. The predicted molar refractivity (Wildman–Crippen MR) is 79.7 cm³/mol. The van der Waals surface area contributed by atoms with Crippen molar-refractivity contribution in [3.05, 3.63) is 11.5 Å². The normalized spacial score (nSPS) is 15.4. The van der Waals surface area contributed by atoms with Crippen LogP contribution in [-0.4, -0.2) is 19.3 Å². The molecule has 0 aliphatic heterocycles. The second kappa shape index (κ2) is 5.16. The van der Waals surface area contributed by atoms with Crippen LogP contribution in [0.5, 0.6) is 0 Å². The highest BCUT2D eigenvalue weighted by molar-refractivity contribution is 6.20. The molecule has 2 heterocycles. The lowest BCUT2D eigenvalue weighted by Crippen LogP contribution is -2.16. The van der Waals surface area contributed by atoms with Crippen molar-refractivity contribution in [1.82, 2.24) is 19.3 Å². The smallest absolute Gasteiger partial charge is 0.158 e. The summed E-state index contributed by atoms with van der Waals surface area (Å²) >= 11 is 6.32. The van der Waals surface area contributed by atoms with Crippen molar-refractivity contribution in [2.24, 2.45) is 13.0 Å². The van der Waals surface area contributed by atoms with Crippen LogP contribution in [0.3, 0.4) is 0 Å². The first-order valence-corrected chi connectivity index (χ1v) is 7.39. The summed E-state index contributed by atoms with van der Waals surface area (Å²) in [7, 11) is 1.98. The number of fused-ring (bicyclic) bond motifs is 1. The third-order valence-electron chi connectivity index (χ3n) is 3.83. The fourth-order valence-corrected chi connectivity index (χ4v) is 2.59. The van der Waals surface area contributed by atoms with Gasteiger partial charge in [0, 0.05) is 13.1 Å². The standard InChI is InChI=1S/C14H23ClN4/c1-7-11-12-14(18(6)17-11)19(10(5)8(2)3)13(16-12)9(4)15/h8-10H,7H2,1-6H3. The molecule has 0 saturated heterocycles. The molecule has 2 atom stereocenters. The van der Waals surface area contributed by atoms with Gasteiger partial charge in [0.25, 0.3) is 0 Å². The van der Waals surface area contributed by atoms with Crippen LogP contribution in [0, 0.1) is 5.92 Å². The molecule has 106 valence electrons. The molecule has 0 spiro atoms. The van der Waals surface area contributed by atoms with Crippen molar-refractivity contribution in [3.63, 3.8) is 0 Å². The van der Waals surface area contributed by atoms with E-state index in [1.54, 1.807) is 0 Å². The highest BCUT2D eigenvalue weighted by Gasteiger charge is 2.25. The number of halogens is 1. The summed E-state index contributed by atoms with van der Waals surface area (Å²) in [4.78, 5) is 4.75. The van der Waals surface area contributed by atoms with E-state index < -0.39 is 0 Å². The van der Waals surface area contributed by atoms with Gasteiger partial charge in [0.05, 0.1) is 11.1 Å². The molecular weight excluding hydrogens is 260 g/mol. The number of hydrogen-bond acceptors (Lipinski definition) is 2. The molecule has 0 bridgehead atoms. The molecule has 19 heavy (non-hydrogen) atoms. The molecule has 5 heteroatoms. The third-order valence-corrected chi connectivity index (χ3v) is 4.02. The number of rotatable bonds is 4. The number of nitrogens with zero attached hydrogens (tertiary/aromatic N) is 4. The largest absolute Gasteiger partial charge is 0.309 e. The number of imidazole rings is 1. The molecule has 0 N–H and O–H groups in total. The maximum absolute atomic E-state index is 6.32. The zero-order valence-corrected chi connectivity index (χ0v) is 13.4. The number of aryl methyl sites for hydroxylation is 2. The van der Waals surface area contributed by atoms with Crippen LogP contribution in [0.2, 0.25) is 0 Å². The van der Waals surface area contributed by atoms with E-state index in [2.05, 4.69) is 37.4 Å². The molecule has 0 aliphatic carbocycles. The number of alkyl halides is 1. The fraction of sp³-hybridized carbons (Fsp3) is 0.714. The Balaban J connectivity index is 2.76. The minimum absolute atomic E-state index is 0.0988. The number of aromatic nitrogens is 4. The second-order valence-corrected chi connectivity index (χ2v) is 6.19. The Bertz CT molecular complexity index is 580. The van der Waals surface area contributed by atoms with Crippen LogP contribution in [0.1, 0.15) is 57.6 Å². The molecule has 2 rings (SSSR count). The van der Waals surface area contributed by atoms with Gasteiger partial charge >= 0.3 is 0 Å². The van der Waals surface area contributed by atoms with Crippen molar-refractivity contribution < 1.29 is 0 Å². The average Bonchev–Trinajstić information content (AvgIpc) is 2.86. The van der Waals surface area contributed by atoms with Gasteiger partial charge in [-0.15, -0.1) is 11.6 Å². The van der Waals surface area contributed by atoms with Gasteiger partial charge < -0.3 is 4.57 Å². The highest BCUT2D eigenvalue weighted by Crippen LogP contribution is 2.32. The fourth-order valence-electron chi connectivity index (χ4n) is 2.44. The van der Waals surface area contributed by atoms with E-state index in [9.17, 15) is 0 Å². The lowest BCUT2D eigenvalue weighted by atomic mass is 10.1. The summed E-state index contributed by atoms with van der Waals surface area (Å²) in [6, 6.07) is 0.348. The lowest BCUT2D eigenvalue weighted by Gasteiger charge is -2.21. The SMILES string of the molecule is CCc1nn(C)c2c1nc(C(C)Cl)n2C(C)C(C)C. The topological polar surface area (TPSA) is 35.6 Å². The maximum atomic E-state index is 6.32. The Morgan fingerprint density at radius 2 is 1.84 bits per heavy atom. The molecule has 0 radical (unpaired) electrons. The van der Waals surface area contributed by atoms with Crippen LogP contribution < -0.4 is 0 Å². The Hall–Kier alpha value is -1.03. The van der Waals surface area contributed by atoms with E-state index in [-0.39, 0.29) is 5.38 Å². The minimum atomic E-state index is -0.0988. The molecule has 0 aromatic carbocycles. The Morgan fingerprint density at radius 1 is 1.21 bits per heavy atom. The van der Waals surface area contributed by atoms with Crippen LogP contribution in [0.15, 0.2) is 0 Å². The minimum Gasteiger partial charge on any atom is -0.309 e. The summed E-state index contributed by atoms with van der Waals surface area (Å²) in [5.74, 6) is 1.46. The van der Waals surface area contributed by atoms with Gasteiger partial charge in [-0.05, 0) is 26.2 Å². The van der Waals surface area contributed by atoms with Crippen molar-refractivity contribution in [2.45, 2.75) is 52.5 Å². The first-order chi connectivity index (χ1) is 8.88. The predicted octanol–water partition coefficient (Wildman–Crippen LogP) is 3.85. The first kappa shape index (κ1) is 14.4. The van der Waals surface area contributed by atoms with Crippen LogP contribution >= 0.6 is 11.6 Å². The van der Waals surface area contributed by atoms with E-state index in [1.165, 1.54) is 0 Å². The zero-order chi connectivity index (χ0) is 14.3. The maximum Gasteiger partial charge on any atom is 0.158 e. The van der Waals surface area contributed by atoms with Gasteiger partial charge in [0.1, 0.15) is 11.3 Å².